The molecule has 0 amide bonds. The van der Waals surface area contributed by atoms with Gasteiger partial charge in [0.25, 0.3) is 0 Å². The number of unbranched alkanes of at least 4 members (excludes halogenated alkanes) is 2. The van der Waals surface area contributed by atoms with E-state index in [1.165, 1.54) is 77.0 Å². The van der Waals surface area contributed by atoms with E-state index in [0.717, 1.165) is 36.9 Å². The highest BCUT2D eigenvalue weighted by Gasteiger charge is 2.30. The summed E-state index contributed by atoms with van der Waals surface area (Å²) in [5.74, 6) is 4.00. The van der Waals surface area contributed by atoms with Crippen LogP contribution in [0.2, 0.25) is 0 Å². The molecule has 0 heterocycles. The zero-order valence-corrected chi connectivity index (χ0v) is 15.8. The molecule has 2 saturated carbocycles. The summed E-state index contributed by atoms with van der Waals surface area (Å²) in [5.41, 5.74) is 0. The molecule has 0 atom stereocenters. The lowest BCUT2D eigenvalue weighted by Crippen LogP contribution is -2.27. The van der Waals surface area contributed by atoms with Crippen molar-refractivity contribution in [3.05, 3.63) is 12.2 Å². The number of hydrogen-bond acceptors (Lipinski definition) is 1. The predicted molar refractivity (Wildman–Crippen MR) is 101 cm³/mol. The van der Waals surface area contributed by atoms with E-state index in [2.05, 4.69) is 26.0 Å². The van der Waals surface area contributed by atoms with Crippen LogP contribution in [0.4, 0.5) is 0 Å². The Morgan fingerprint density at radius 3 is 2.00 bits per heavy atom. The Morgan fingerprint density at radius 1 is 0.826 bits per heavy atom. The standard InChI is InChI=1S/C22H40O/c1-3-5-7-8-19-9-13-21(14-10-19)22-15-11-20(12-16-22)18-23-17-6-4-2/h4,6,19-22H,3,5,7-18H2,1-2H3/b6-4-/t19-,20?,21-,22?. The minimum Gasteiger partial charge on any atom is -0.377 e. The quantitative estimate of drug-likeness (QED) is 0.336. The SMILES string of the molecule is C/C=C\COCC1CCC([C@H]2CC[C@H](CCCCC)CC2)CC1. The molecule has 2 aliphatic rings. The highest BCUT2D eigenvalue weighted by Crippen LogP contribution is 2.42. The van der Waals surface area contributed by atoms with Gasteiger partial charge in [-0.3, -0.25) is 0 Å². The van der Waals surface area contributed by atoms with Crippen LogP contribution in [0.5, 0.6) is 0 Å². The fraction of sp³-hybridized carbons (Fsp3) is 0.909. The molecule has 0 aromatic rings. The van der Waals surface area contributed by atoms with Gasteiger partial charge in [-0.15, -0.1) is 0 Å². The third-order valence-corrected chi connectivity index (χ3v) is 6.47. The first kappa shape index (κ1) is 19.0. The first-order valence-electron chi connectivity index (χ1n) is 10.5. The predicted octanol–water partition coefficient (Wildman–Crippen LogP) is 6.77. The Morgan fingerprint density at radius 2 is 1.43 bits per heavy atom. The zero-order chi connectivity index (χ0) is 16.3. The molecular formula is C22H40O. The number of rotatable bonds is 9. The lowest BCUT2D eigenvalue weighted by atomic mass is 9.69. The second-order valence-electron chi connectivity index (χ2n) is 8.16. The van der Waals surface area contributed by atoms with E-state index < -0.39 is 0 Å². The van der Waals surface area contributed by atoms with Crippen LogP contribution < -0.4 is 0 Å². The van der Waals surface area contributed by atoms with Gasteiger partial charge in [-0.2, -0.15) is 0 Å². The van der Waals surface area contributed by atoms with E-state index in [4.69, 9.17) is 4.74 Å². The molecule has 23 heavy (non-hydrogen) atoms. The fourth-order valence-electron chi connectivity index (χ4n) is 4.86. The van der Waals surface area contributed by atoms with Gasteiger partial charge in [0.15, 0.2) is 0 Å². The highest BCUT2D eigenvalue weighted by molar-refractivity contribution is 4.82. The van der Waals surface area contributed by atoms with Crippen LogP contribution in [0, 0.1) is 23.7 Å². The van der Waals surface area contributed by atoms with E-state index in [9.17, 15) is 0 Å². The van der Waals surface area contributed by atoms with Gasteiger partial charge in [0.1, 0.15) is 0 Å². The molecule has 1 heteroatoms. The average molecular weight is 321 g/mol. The van der Waals surface area contributed by atoms with Gasteiger partial charge in [0, 0.05) is 6.61 Å². The second-order valence-corrected chi connectivity index (χ2v) is 8.16. The summed E-state index contributed by atoms with van der Waals surface area (Å²) in [6.07, 6.45) is 21.9. The minimum absolute atomic E-state index is 0.804. The van der Waals surface area contributed by atoms with Gasteiger partial charge in [-0.25, -0.2) is 0 Å². The lowest BCUT2D eigenvalue weighted by molar-refractivity contribution is 0.0778. The summed E-state index contributed by atoms with van der Waals surface area (Å²) in [7, 11) is 0. The Hall–Kier alpha value is -0.300. The average Bonchev–Trinajstić information content (AvgIpc) is 2.60. The van der Waals surface area contributed by atoms with Gasteiger partial charge < -0.3 is 4.74 Å². The second kappa shape index (κ2) is 11.3. The first-order chi connectivity index (χ1) is 11.3. The van der Waals surface area contributed by atoms with Gasteiger partial charge in [0.05, 0.1) is 6.61 Å². The normalized spacial score (nSPS) is 32.4. The van der Waals surface area contributed by atoms with E-state index in [-0.39, 0.29) is 0 Å². The van der Waals surface area contributed by atoms with Gasteiger partial charge >= 0.3 is 0 Å². The van der Waals surface area contributed by atoms with Crippen LogP contribution in [0.3, 0.4) is 0 Å². The monoisotopic (exact) mass is 320 g/mol. The maximum Gasteiger partial charge on any atom is 0.0647 e. The molecule has 0 aliphatic heterocycles. The molecule has 0 aromatic carbocycles. The van der Waals surface area contributed by atoms with Crippen molar-refractivity contribution in [2.75, 3.05) is 13.2 Å². The van der Waals surface area contributed by atoms with E-state index in [1.807, 2.05) is 0 Å². The molecule has 2 fully saturated rings. The Labute approximate surface area is 145 Å². The van der Waals surface area contributed by atoms with Crippen LogP contribution in [0.25, 0.3) is 0 Å². The molecule has 0 radical (unpaired) electrons. The van der Waals surface area contributed by atoms with E-state index in [1.54, 1.807) is 0 Å². The molecule has 0 unspecified atom stereocenters. The fourth-order valence-corrected chi connectivity index (χ4v) is 4.86. The maximum atomic E-state index is 5.77. The van der Waals surface area contributed by atoms with Gasteiger partial charge in [0.2, 0.25) is 0 Å². The minimum atomic E-state index is 0.804. The zero-order valence-electron chi connectivity index (χ0n) is 15.8. The summed E-state index contributed by atoms with van der Waals surface area (Å²) >= 11 is 0. The number of allylic oxidation sites excluding steroid dienone is 1. The van der Waals surface area contributed by atoms with Crippen LogP contribution in [0.1, 0.15) is 90.9 Å². The largest absolute Gasteiger partial charge is 0.377 e. The van der Waals surface area contributed by atoms with E-state index in [0.29, 0.717) is 0 Å². The molecular weight excluding hydrogens is 280 g/mol. The molecule has 0 bridgehead atoms. The van der Waals surface area contributed by atoms with Crippen molar-refractivity contribution >= 4 is 0 Å². The Balaban J connectivity index is 1.57. The van der Waals surface area contributed by atoms with Crippen molar-refractivity contribution in [3.63, 3.8) is 0 Å². The maximum absolute atomic E-state index is 5.77. The summed E-state index contributed by atoms with van der Waals surface area (Å²) in [6, 6.07) is 0. The van der Waals surface area contributed by atoms with Crippen LogP contribution in [-0.4, -0.2) is 13.2 Å². The number of hydrogen-bond donors (Lipinski definition) is 0. The van der Waals surface area contributed by atoms with Gasteiger partial charge in [-0.05, 0) is 69.1 Å². The first-order valence-corrected chi connectivity index (χ1v) is 10.5. The van der Waals surface area contributed by atoms with Crippen molar-refractivity contribution < 1.29 is 4.74 Å². The summed E-state index contributed by atoms with van der Waals surface area (Å²) in [5, 5.41) is 0. The lowest BCUT2D eigenvalue weighted by Gasteiger charge is -2.38. The van der Waals surface area contributed by atoms with Crippen molar-refractivity contribution in [1.29, 1.82) is 0 Å². The molecule has 2 aliphatic carbocycles. The summed E-state index contributed by atoms with van der Waals surface area (Å²) in [6.45, 7) is 6.17. The van der Waals surface area contributed by atoms with Crippen LogP contribution >= 0.6 is 0 Å². The highest BCUT2D eigenvalue weighted by atomic mass is 16.5. The smallest absolute Gasteiger partial charge is 0.0647 e. The molecule has 0 N–H and O–H groups in total. The summed E-state index contributed by atoms with van der Waals surface area (Å²) < 4.78 is 5.77. The van der Waals surface area contributed by atoms with E-state index >= 15 is 0 Å². The Bertz CT molecular complexity index is 306. The van der Waals surface area contributed by atoms with Crippen molar-refractivity contribution in [1.82, 2.24) is 0 Å². The molecule has 1 nitrogen and oxygen atoms in total. The molecule has 134 valence electrons. The number of ether oxygens (including phenoxy) is 1. The topological polar surface area (TPSA) is 9.23 Å². The van der Waals surface area contributed by atoms with Gasteiger partial charge in [-0.1, -0.05) is 57.6 Å². The molecule has 0 saturated heterocycles. The van der Waals surface area contributed by atoms with Crippen molar-refractivity contribution in [2.45, 2.75) is 90.9 Å². The third kappa shape index (κ3) is 6.99. The Kier molecular flexibility index (Phi) is 9.34. The molecule has 0 aromatic heterocycles. The van der Waals surface area contributed by atoms with Crippen LogP contribution in [-0.2, 0) is 4.74 Å². The molecule has 2 rings (SSSR count). The van der Waals surface area contributed by atoms with Crippen LogP contribution in [0.15, 0.2) is 12.2 Å². The molecule has 0 spiro atoms. The van der Waals surface area contributed by atoms with Crippen molar-refractivity contribution in [3.8, 4) is 0 Å². The third-order valence-electron chi connectivity index (χ3n) is 6.47. The van der Waals surface area contributed by atoms with Crippen molar-refractivity contribution in [2.24, 2.45) is 23.7 Å². The summed E-state index contributed by atoms with van der Waals surface area (Å²) in [4.78, 5) is 0.